The molecule has 0 fully saturated rings. The molecule has 1 aromatic carbocycles. The lowest BCUT2D eigenvalue weighted by molar-refractivity contribution is 0.0945. The van der Waals surface area contributed by atoms with Gasteiger partial charge in [-0.15, -0.1) is 10.2 Å². The van der Waals surface area contributed by atoms with E-state index in [0.717, 1.165) is 41.5 Å². The van der Waals surface area contributed by atoms with Crippen molar-refractivity contribution in [3.05, 3.63) is 54.7 Å². The Morgan fingerprint density at radius 2 is 1.86 bits per heavy atom. The fraction of sp³-hybridized carbons (Fsp3) is 0.407. The first-order valence-electron chi connectivity index (χ1n) is 12.3. The van der Waals surface area contributed by atoms with E-state index < -0.39 is 0 Å². The van der Waals surface area contributed by atoms with Gasteiger partial charge in [0, 0.05) is 24.0 Å². The summed E-state index contributed by atoms with van der Waals surface area (Å²) in [6.07, 6.45) is 3.79. The number of para-hydroxylation sites is 1. The van der Waals surface area contributed by atoms with Crippen LogP contribution in [0.3, 0.4) is 0 Å². The van der Waals surface area contributed by atoms with Crippen LogP contribution in [0, 0.1) is 5.92 Å². The second kappa shape index (κ2) is 11.2. The van der Waals surface area contributed by atoms with E-state index >= 15 is 0 Å². The van der Waals surface area contributed by atoms with Gasteiger partial charge in [-0.3, -0.25) is 4.40 Å². The van der Waals surface area contributed by atoms with Gasteiger partial charge in [0.05, 0.1) is 0 Å². The molecule has 3 heterocycles. The van der Waals surface area contributed by atoms with E-state index in [4.69, 9.17) is 14.5 Å². The minimum absolute atomic E-state index is 0.0890. The molecule has 0 radical (unpaired) electrons. The van der Waals surface area contributed by atoms with E-state index in [1.807, 2.05) is 73.0 Å². The van der Waals surface area contributed by atoms with E-state index in [1.54, 1.807) is 0 Å². The molecule has 4 aromatic rings. The maximum absolute atomic E-state index is 12.1. The van der Waals surface area contributed by atoms with Gasteiger partial charge < -0.3 is 14.8 Å². The summed E-state index contributed by atoms with van der Waals surface area (Å²) in [5.74, 6) is 1.52. The Balaban J connectivity index is 1.57. The van der Waals surface area contributed by atoms with Crippen molar-refractivity contribution in [1.29, 1.82) is 0 Å². The number of carbonyl (C=O) groups excluding carboxylic acids is 1. The molecule has 8 heteroatoms. The molecule has 0 saturated carbocycles. The van der Waals surface area contributed by atoms with Crippen LogP contribution in [0.15, 0.2) is 54.7 Å². The molecule has 35 heavy (non-hydrogen) atoms. The van der Waals surface area contributed by atoms with Gasteiger partial charge in [0.25, 0.3) is 0 Å². The summed E-state index contributed by atoms with van der Waals surface area (Å²) in [5.41, 5.74) is 2.27. The van der Waals surface area contributed by atoms with Crippen LogP contribution in [-0.4, -0.2) is 44.4 Å². The number of amides is 1. The number of ether oxygens (including phenoxy) is 2. The molecule has 0 aliphatic heterocycles. The predicted molar refractivity (Wildman–Crippen MR) is 136 cm³/mol. The Morgan fingerprint density at radius 1 is 1.00 bits per heavy atom. The summed E-state index contributed by atoms with van der Waals surface area (Å²) < 4.78 is 13.8. The molecule has 3 aromatic heterocycles. The molecule has 1 amide bonds. The van der Waals surface area contributed by atoms with E-state index in [2.05, 4.69) is 29.4 Å². The van der Waals surface area contributed by atoms with Crippen molar-refractivity contribution in [3.63, 3.8) is 0 Å². The molecule has 0 saturated heterocycles. The molecular formula is C27H33N5O3. The average molecular weight is 476 g/mol. The van der Waals surface area contributed by atoms with Crippen molar-refractivity contribution in [1.82, 2.24) is 24.9 Å². The molecule has 4 rings (SSSR count). The third kappa shape index (κ3) is 5.53. The fourth-order valence-corrected chi connectivity index (χ4v) is 4.09. The zero-order valence-electron chi connectivity index (χ0n) is 20.8. The molecule has 184 valence electrons. The summed E-state index contributed by atoms with van der Waals surface area (Å²) in [4.78, 5) is 17.0. The zero-order valence-corrected chi connectivity index (χ0v) is 20.8. The predicted octanol–water partition coefficient (Wildman–Crippen LogP) is 5.65. The zero-order chi connectivity index (χ0) is 24.8. The Morgan fingerprint density at radius 3 is 2.63 bits per heavy atom. The number of alkyl carbamates (subject to hydrolysis) is 1. The van der Waals surface area contributed by atoms with Crippen LogP contribution in [0.5, 0.6) is 5.75 Å². The van der Waals surface area contributed by atoms with E-state index in [9.17, 15) is 4.79 Å². The number of nitrogens with one attached hydrogen (secondary N) is 1. The Labute approximate surface area is 205 Å². The molecule has 0 spiro atoms. The quantitative estimate of drug-likeness (QED) is 0.319. The minimum Gasteiger partial charge on any atom is -0.488 e. The van der Waals surface area contributed by atoms with Crippen molar-refractivity contribution < 1.29 is 14.3 Å². The van der Waals surface area contributed by atoms with Gasteiger partial charge in [0.2, 0.25) is 0 Å². The third-order valence-electron chi connectivity index (χ3n) is 6.35. The van der Waals surface area contributed by atoms with Crippen LogP contribution < -0.4 is 10.1 Å². The highest BCUT2D eigenvalue weighted by molar-refractivity contribution is 5.86. The van der Waals surface area contributed by atoms with Crippen LogP contribution >= 0.6 is 0 Å². The SMILES string of the molecule is CCC(C)OC(=O)NC[C@H](CC)C(CC)Oc1cccc2ccc(-c3nnc4ccccn34)nc12. The van der Waals surface area contributed by atoms with Crippen molar-refractivity contribution in [2.75, 3.05) is 6.54 Å². The molecule has 0 aliphatic carbocycles. The molecular weight excluding hydrogens is 442 g/mol. The van der Waals surface area contributed by atoms with Crippen molar-refractivity contribution >= 4 is 22.6 Å². The number of nitrogens with zero attached hydrogens (tertiary/aromatic N) is 4. The Kier molecular flexibility index (Phi) is 7.80. The van der Waals surface area contributed by atoms with Crippen LogP contribution in [0.4, 0.5) is 4.79 Å². The highest BCUT2D eigenvalue weighted by Gasteiger charge is 2.23. The van der Waals surface area contributed by atoms with Gasteiger partial charge in [0.1, 0.15) is 29.2 Å². The van der Waals surface area contributed by atoms with Gasteiger partial charge in [-0.25, -0.2) is 9.78 Å². The number of aromatic nitrogens is 4. The van der Waals surface area contributed by atoms with E-state index in [1.165, 1.54) is 0 Å². The summed E-state index contributed by atoms with van der Waals surface area (Å²) in [5, 5.41) is 12.5. The number of benzene rings is 1. The highest BCUT2D eigenvalue weighted by Crippen LogP contribution is 2.29. The molecule has 1 N–H and O–H groups in total. The standard InChI is InChI=1S/C27H33N5O3/c1-5-18(4)34-27(33)28-17-19(6-2)22(7-3)35-23-12-10-11-20-14-15-21(29-25(20)23)26-31-30-24-13-8-9-16-32(24)26/h8-16,18-19,22H,5-7,17H2,1-4H3,(H,28,33)/t18?,19-,22?/m0/s1. The van der Waals surface area contributed by atoms with Crippen LogP contribution in [0.1, 0.15) is 47.0 Å². The smallest absolute Gasteiger partial charge is 0.407 e. The van der Waals surface area contributed by atoms with Gasteiger partial charge in [-0.2, -0.15) is 0 Å². The molecule has 3 atom stereocenters. The number of rotatable bonds is 10. The number of fused-ring (bicyclic) bond motifs is 2. The number of pyridine rings is 2. The molecule has 0 bridgehead atoms. The normalized spacial score (nSPS) is 13.9. The van der Waals surface area contributed by atoms with Crippen molar-refractivity contribution in [3.8, 4) is 17.3 Å². The maximum Gasteiger partial charge on any atom is 0.407 e. The monoisotopic (exact) mass is 475 g/mol. The summed E-state index contributed by atoms with van der Waals surface area (Å²) >= 11 is 0. The fourth-order valence-electron chi connectivity index (χ4n) is 4.09. The number of carbonyl (C=O) groups is 1. The summed E-state index contributed by atoms with van der Waals surface area (Å²) in [7, 11) is 0. The van der Waals surface area contributed by atoms with Gasteiger partial charge >= 0.3 is 6.09 Å². The average Bonchev–Trinajstić information content (AvgIpc) is 3.32. The number of hydrogen-bond acceptors (Lipinski definition) is 6. The summed E-state index contributed by atoms with van der Waals surface area (Å²) in [6.45, 7) is 8.56. The van der Waals surface area contributed by atoms with E-state index in [-0.39, 0.29) is 24.2 Å². The van der Waals surface area contributed by atoms with E-state index in [0.29, 0.717) is 18.1 Å². The van der Waals surface area contributed by atoms with Crippen molar-refractivity contribution in [2.45, 2.75) is 59.2 Å². The van der Waals surface area contributed by atoms with Gasteiger partial charge in [-0.1, -0.05) is 45.0 Å². The lowest BCUT2D eigenvalue weighted by Gasteiger charge is -2.27. The van der Waals surface area contributed by atoms with Gasteiger partial charge in [0.15, 0.2) is 11.5 Å². The second-order valence-corrected chi connectivity index (χ2v) is 8.71. The van der Waals surface area contributed by atoms with Crippen molar-refractivity contribution in [2.24, 2.45) is 5.92 Å². The molecule has 8 nitrogen and oxygen atoms in total. The highest BCUT2D eigenvalue weighted by atomic mass is 16.6. The third-order valence-corrected chi connectivity index (χ3v) is 6.35. The van der Waals surface area contributed by atoms with Crippen LogP contribution in [-0.2, 0) is 4.74 Å². The minimum atomic E-state index is -0.385. The second-order valence-electron chi connectivity index (χ2n) is 8.71. The Bertz CT molecular complexity index is 1290. The largest absolute Gasteiger partial charge is 0.488 e. The van der Waals surface area contributed by atoms with Gasteiger partial charge in [-0.05, 0) is 50.5 Å². The molecule has 2 unspecified atom stereocenters. The lowest BCUT2D eigenvalue weighted by atomic mass is 9.97. The number of hydrogen-bond donors (Lipinski definition) is 1. The maximum atomic E-state index is 12.1. The van der Waals surface area contributed by atoms with Crippen LogP contribution in [0.2, 0.25) is 0 Å². The topological polar surface area (TPSA) is 90.6 Å². The molecule has 0 aliphatic rings. The first-order chi connectivity index (χ1) is 17.0. The first-order valence-corrected chi connectivity index (χ1v) is 12.3. The first kappa shape index (κ1) is 24.4. The van der Waals surface area contributed by atoms with Crippen LogP contribution in [0.25, 0.3) is 28.1 Å². The lowest BCUT2D eigenvalue weighted by Crippen LogP contribution is -2.38. The summed E-state index contributed by atoms with van der Waals surface area (Å²) in [6, 6.07) is 15.7. The Hall–Kier alpha value is -3.68.